The van der Waals surface area contributed by atoms with Gasteiger partial charge >= 0.3 is 14.0 Å². The van der Waals surface area contributed by atoms with Gasteiger partial charge in [-0.15, -0.1) is 0 Å². The molecule has 0 radical (unpaired) electrons. The Morgan fingerprint density at radius 2 is 2.26 bits per heavy atom. The molecule has 0 aliphatic carbocycles. The normalized spacial score (nSPS) is 17.1. The van der Waals surface area contributed by atoms with E-state index in [4.69, 9.17) is 9.39 Å². The average Bonchev–Trinajstić information content (AvgIpc) is 2.74. The van der Waals surface area contributed by atoms with Crippen LogP contribution >= 0.6 is 0 Å². The van der Waals surface area contributed by atoms with Crippen LogP contribution in [0.2, 0.25) is 0 Å². The molecule has 6 nitrogen and oxygen atoms in total. The number of aromatic nitrogens is 3. The summed E-state index contributed by atoms with van der Waals surface area (Å²) < 4.78 is 39.1. The maximum atomic E-state index is 14.0. The summed E-state index contributed by atoms with van der Waals surface area (Å²) in [6.07, 6.45) is 1.51. The highest BCUT2D eigenvalue weighted by Gasteiger charge is 2.30. The van der Waals surface area contributed by atoms with E-state index < -0.39 is 17.9 Å². The van der Waals surface area contributed by atoms with Crippen molar-refractivity contribution in [3.8, 4) is 17.1 Å². The van der Waals surface area contributed by atoms with Gasteiger partial charge in [-0.2, -0.15) is 18.9 Å². The quantitative estimate of drug-likeness (QED) is 0.619. The number of hydrogen-bond acceptors (Lipinski definition) is 5. The van der Waals surface area contributed by atoms with Crippen LogP contribution in [0.25, 0.3) is 11.3 Å². The van der Waals surface area contributed by atoms with Crippen LogP contribution in [0.15, 0.2) is 12.1 Å². The Morgan fingerprint density at radius 3 is 2.96 bits per heavy atom. The average molecular weight is 321 g/mol. The molecule has 0 N–H and O–H groups in total. The Morgan fingerprint density at radius 1 is 1.48 bits per heavy atom. The number of hydrogen-bond donors (Lipinski definition) is 0. The van der Waals surface area contributed by atoms with Gasteiger partial charge in [0.15, 0.2) is 0 Å². The van der Waals surface area contributed by atoms with Gasteiger partial charge in [-0.1, -0.05) is 0 Å². The molecule has 1 aliphatic heterocycles. The standard InChI is InChI=1S/C14H14BF2N3O3/c1-7-3-2-6-20-13(22-7)10(14(21)23-15)11(19-20)8-4-5-9(16)18-12(8)17/h4-5,7H,2-3,6,15H2,1H3. The Hall–Kier alpha value is -2.45. The Kier molecular flexibility index (Phi) is 4.02. The summed E-state index contributed by atoms with van der Waals surface area (Å²) in [6, 6.07) is 2.20. The van der Waals surface area contributed by atoms with Crippen LogP contribution in [0.5, 0.6) is 5.88 Å². The second-order valence-corrected chi connectivity index (χ2v) is 5.29. The summed E-state index contributed by atoms with van der Waals surface area (Å²) in [5.41, 5.74) is -0.0249. The molecule has 0 bridgehead atoms. The first-order chi connectivity index (χ1) is 11.0. The molecule has 0 amide bonds. The number of pyridine rings is 1. The number of carbonyl (C=O) groups is 1. The smallest absolute Gasteiger partial charge is 0.327 e. The van der Waals surface area contributed by atoms with Crippen LogP contribution < -0.4 is 4.74 Å². The summed E-state index contributed by atoms with van der Waals surface area (Å²) in [7, 11) is 1.22. The summed E-state index contributed by atoms with van der Waals surface area (Å²) in [5.74, 6) is -2.45. The predicted octanol–water partition coefficient (Wildman–Crippen LogP) is 1.49. The molecule has 9 heteroatoms. The fourth-order valence-corrected chi connectivity index (χ4v) is 2.56. The van der Waals surface area contributed by atoms with Crippen LogP contribution in [0.3, 0.4) is 0 Å². The van der Waals surface area contributed by atoms with E-state index in [0.29, 0.717) is 6.54 Å². The number of rotatable bonds is 2. The minimum atomic E-state index is -1.04. The fraction of sp³-hybridized carbons (Fsp3) is 0.357. The number of carbonyl (C=O) groups excluding carboxylic acids is 1. The van der Waals surface area contributed by atoms with Crippen LogP contribution in [0, 0.1) is 11.9 Å². The van der Waals surface area contributed by atoms with Gasteiger partial charge in [0.25, 0.3) is 0 Å². The van der Waals surface area contributed by atoms with Crippen molar-refractivity contribution in [3.63, 3.8) is 0 Å². The number of fused-ring (bicyclic) bond motifs is 1. The molecule has 0 saturated heterocycles. The van der Waals surface area contributed by atoms with E-state index in [0.717, 1.165) is 18.9 Å². The lowest BCUT2D eigenvalue weighted by atomic mass is 10.1. The van der Waals surface area contributed by atoms with Crippen LogP contribution in [-0.4, -0.2) is 34.9 Å². The van der Waals surface area contributed by atoms with Crippen molar-refractivity contribution in [1.29, 1.82) is 0 Å². The minimum absolute atomic E-state index is 0.0218. The maximum Gasteiger partial charge on any atom is 0.327 e. The highest BCUT2D eigenvalue weighted by molar-refractivity contribution is 6.12. The van der Waals surface area contributed by atoms with Crippen molar-refractivity contribution in [2.75, 3.05) is 0 Å². The van der Waals surface area contributed by atoms with Gasteiger partial charge in [-0.05, 0) is 31.9 Å². The van der Waals surface area contributed by atoms with Crippen LogP contribution in [0.1, 0.15) is 30.1 Å². The first kappa shape index (κ1) is 15.5. The van der Waals surface area contributed by atoms with Crippen molar-refractivity contribution in [2.45, 2.75) is 32.4 Å². The number of ether oxygens (including phenoxy) is 1. The zero-order valence-corrected chi connectivity index (χ0v) is 12.7. The molecule has 1 atom stereocenters. The molecule has 1 unspecified atom stereocenters. The largest absolute Gasteiger partial charge is 0.540 e. The van der Waals surface area contributed by atoms with Gasteiger partial charge in [-0.25, -0.2) is 9.48 Å². The van der Waals surface area contributed by atoms with E-state index in [9.17, 15) is 13.6 Å². The molecular formula is C14H14BF2N3O3. The van der Waals surface area contributed by atoms with E-state index in [1.807, 2.05) is 6.92 Å². The Labute approximate surface area is 131 Å². The molecule has 0 saturated carbocycles. The molecule has 120 valence electrons. The van der Waals surface area contributed by atoms with Crippen molar-refractivity contribution in [3.05, 3.63) is 29.6 Å². The van der Waals surface area contributed by atoms with E-state index in [1.54, 1.807) is 0 Å². The summed E-state index contributed by atoms with van der Waals surface area (Å²) >= 11 is 0. The second kappa shape index (κ2) is 5.98. The van der Waals surface area contributed by atoms with Crippen molar-refractivity contribution in [1.82, 2.24) is 14.8 Å². The summed E-state index contributed by atoms with van der Waals surface area (Å²) in [4.78, 5) is 15.3. The van der Waals surface area contributed by atoms with E-state index in [-0.39, 0.29) is 28.8 Å². The van der Waals surface area contributed by atoms with Gasteiger partial charge in [0, 0.05) is 6.54 Å². The Balaban J connectivity index is 2.20. The molecule has 2 aromatic heterocycles. The second-order valence-electron chi connectivity index (χ2n) is 5.29. The molecule has 2 aromatic rings. The fourth-order valence-electron chi connectivity index (χ4n) is 2.56. The van der Waals surface area contributed by atoms with Crippen LogP contribution in [-0.2, 0) is 11.2 Å². The summed E-state index contributed by atoms with van der Waals surface area (Å²) in [6.45, 7) is 2.41. The number of aryl methyl sites for hydroxylation is 1. The highest BCUT2D eigenvalue weighted by Crippen LogP contribution is 2.34. The van der Waals surface area contributed by atoms with Gasteiger partial charge in [0.2, 0.25) is 17.8 Å². The summed E-state index contributed by atoms with van der Waals surface area (Å²) in [5, 5.41) is 4.26. The molecule has 3 heterocycles. The lowest BCUT2D eigenvalue weighted by Gasteiger charge is -2.11. The van der Waals surface area contributed by atoms with Gasteiger partial charge < -0.3 is 9.39 Å². The minimum Gasteiger partial charge on any atom is -0.540 e. The molecule has 1 aliphatic rings. The monoisotopic (exact) mass is 321 g/mol. The Bertz CT molecular complexity index is 766. The zero-order valence-electron chi connectivity index (χ0n) is 12.7. The lowest BCUT2D eigenvalue weighted by molar-refractivity contribution is 0.0743. The number of nitrogens with zero attached hydrogens (tertiary/aromatic N) is 3. The predicted molar refractivity (Wildman–Crippen MR) is 78.7 cm³/mol. The van der Waals surface area contributed by atoms with E-state index >= 15 is 0 Å². The highest BCUT2D eigenvalue weighted by atomic mass is 19.1. The van der Waals surface area contributed by atoms with E-state index in [2.05, 4.69) is 10.1 Å². The van der Waals surface area contributed by atoms with Gasteiger partial charge in [-0.3, -0.25) is 0 Å². The van der Waals surface area contributed by atoms with Gasteiger partial charge in [0.05, 0.1) is 11.7 Å². The molecule has 0 fully saturated rings. The van der Waals surface area contributed by atoms with Gasteiger partial charge in [0.1, 0.15) is 11.3 Å². The zero-order chi connectivity index (χ0) is 16.6. The first-order valence-corrected chi connectivity index (χ1v) is 7.19. The molecule has 23 heavy (non-hydrogen) atoms. The van der Waals surface area contributed by atoms with E-state index in [1.165, 1.54) is 18.8 Å². The third-order valence-corrected chi connectivity index (χ3v) is 3.66. The topological polar surface area (TPSA) is 66.2 Å². The SMILES string of the molecule is BOC(=O)c1c(-c2ccc(F)nc2F)nn2c1OC(C)CCC2. The third kappa shape index (κ3) is 2.78. The van der Waals surface area contributed by atoms with Crippen molar-refractivity contribution >= 4 is 14.0 Å². The lowest BCUT2D eigenvalue weighted by Crippen LogP contribution is -2.13. The maximum absolute atomic E-state index is 14.0. The van der Waals surface area contributed by atoms with Crippen molar-refractivity contribution < 1.29 is 23.0 Å². The molecule has 0 spiro atoms. The third-order valence-electron chi connectivity index (χ3n) is 3.66. The first-order valence-electron chi connectivity index (χ1n) is 7.19. The molecular weight excluding hydrogens is 307 g/mol. The van der Waals surface area contributed by atoms with Crippen molar-refractivity contribution in [2.24, 2.45) is 0 Å². The molecule has 0 aromatic carbocycles. The van der Waals surface area contributed by atoms with Crippen LogP contribution in [0.4, 0.5) is 8.78 Å². The molecule has 3 rings (SSSR count). The number of halogens is 2.